The van der Waals surface area contributed by atoms with Crippen LogP contribution in [0.1, 0.15) is 17.3 Å². The summed E-state index contributed by atoms with van der Waals surface area (Å²) in [7, 11) is 1.61. The summed E-state index contributed by atoms with van der Waals surface area (Å²) in [4.78, 5) is 22.4. The number of rotatable bonds is 10. The lowest BCUT2D eigenvalue weighted by molar-refractivity contribution is -0.385. The molecule has 1 rings (SSSR count). The van der Waals surface area contributed by atoms with Crippen LogP contribution in [0.15, 0.2) is 18.2 Å². The van der Waals surface area contributed by atoms with E-state index in [4.69, 9.17) is 9.47 Å². The second-order valence-electron chi connectivity index (χ2n) is 4.37. The SMILES string of the molecule is CCOc1ccc(C(=O)NCCNCCOC)cc1[N+](=O)[O-]. The van der Waals surface area contributed by atoms with Crippen molar-refractivity contribution in [1.82, 2.24) is 10.6 Å². The zero-order valence-corrected chi connectivity index (χ0v) is 12.8. The normalized spacial score (nSPS) is 10.3. The molecule has 0 fully saturated rings. The van der Waals surface area contributed by atoms with Crippen molar-refractivity contribution in [3.63, 3.8) is 0 Å². The van der Waals surface area contributed by atoms with Gasteiger partial charge in [0.25, 0.3) is 5.91 Å². The number of nitrogens with zero attached hydrogens (tertiary/aromatic N) is 1. The van der Waals surface area contributed by atoms with Gasteiger partial charge in [-0.1, -0.05) is 0 Å². The van der Waals surface area contributed by atoms with E-state index in [0.717, 1.165) is 0 Å². The van der Waals surface area contributed by atoms with Crippen molar-refractivity contribution >= 4 is 11.6 Å². The van der Waals surface area contributed by atoms with Crippen molar-refractivity contribution in [1.29, 1.82) is 0 Å². The summed E-state index contributed by atoms with van der Waals surface area (Å²) in [5.74, 6) is -0.204. The molecule has 1 aromatic rings. The van der Waals surface area contributed by atoms with Crippen molar-refractivity contribution < 1.29 is 19.2 Å². The van der Waals surface area contributed by atoms with Crippen LogP contribution in [0.4, 0.5) is 5.69 Å². The third-order valence-electron chi connectivity index (χ3n) is 2.79. The lowest BCUT2D eigenvalue weighted by atomic mass is 10.1. The molecular formula is C14H21N3O5. The number of hydrogen-bond acceptors (Lipinski definition) is 6. The van der Waals surface area contributed by atoms with E-state index >= 15 is 0 Å². The van der Waals surface area contributed by atoms with Gasteiger partial charge in [0.15, 0.2) is 5.75 Å². The smallest absolute Gasteiger partial charge is 0.311 e. The fourth-order valence-corrected chi connectivity index (χ4v) is 1.74. The Kier molecular flexibility index (Phi) is 7.87. The minimum atomic E-state index is -0.561. The van der Waals surface area contributed by atoms with Gasteiger partial charge in [-0.15, -0.1) is 0 Å². The summed E-state index contributed by atoms with van der Waals surface area (Å²) in [5, 5.41) is 16.8. The highest BCUT2D eigenvalue weighted by molar-refractivity contribution is 5.95. The Morgan fingerprint density at radius 1 is 1.32 bits per heavy atom. The average molecular weight is 311 g/mol. The Bertz CT molecular complexity index is 507. The summed E-state index contributed by atoms with van der Waals surface area (Å²) >= 11 is 0. The highest BCUT2D eigenvalue weighted by Gasteiger charge is 2.18. The van der Waals surface area contributed by atoms with Gasteiger partial charge in [0.1, 0.15) is 0 Å². The van der Waals surface area contributed by atoms with Crippen LogP contribution >= 0.6 is 0 Å². The summed E-state index contributed by atoms with van der Waals surface area (Å²) < 4.78 is 10.1. The minimum absolute atomic E-state index is 0.158. The van der Waals surface area contributed by atoms with Crippen molar-refractivity contribution in [2.24, 2.45) is 0 Å². The molecule has 0 spiro atoms. The van der Waals surface area contributed by atoms with E-state index in [2.05, 4.69) is 10.6 Å². The molecule has 0 atom stereocenters. The number of carbonyl (C=O) groups excluding carboxylic acids is 1. The Morgan fingerprint density at radius 2 is 2.09 bits per heavy atom. The molecule has 22 heavy (non-hydrogen) atoms. The quantitative estimate of drug-likeness (QED) is 0.379. The lowest BCUT2D eigenvalue weighted by Crippen LogP contribution is -2.33. The topological polar surface area (TPSA) is 103 Å². The molecule has 2 N–H and O–H groups in total. The molecule has 1 amide bonds. The molecule has 0 saturated heterocycles. The second kappa shape index (κ2) is 9.69. The molecule has 0 aliphatic carbocycles. The zero-order chi connectivity index (χ0) is 16.4. The molecule has 0 radical (unpaired) electrons. The van der Waals surface area contributed by atoms with E-state index in [1.807, 2.05) is 0 Å². The maximum absolute atomic E-state index is 12.0. The first kappa shape index (κ1) is 17.9. The fraction of sp³-hybridized carbons (Fsp3) is 0.500. The van der Waals surface area contributed by atoms with Gasteiger partial charge in [-0.05, 0) is 19.1 Å². The summed E-state index contributed by atoms with van der Waals surface area (Å²) in [5.41, 5.74) is 0.0137. The van der Waals surface area contributed by atoms with Crippen LogP contribution in [0.25, 0.3) is 0 Å². The summed E-state index contributed by atoms with van der Waals surface area (Å²) in [6, 6.07) is 4.16. The first-order chi connectivity index (χ1) is 10.6. The van der Waals surface area contributed by atoms with Gasteiger partial charge in [0.2, 0.25) is 0 Å². The monoisotopic (exact) mass is 311 g/mol. The Morgan fingerprint density at radius 3 is 2.73 bits per heavy atom. The maximum Gasteiger partial charge on any atom is 0.311 e. The molecule has 122 valence electrons. The van der Waals surface area contributed by atoms with E-state index in [1.54, 1.807) is 14.0 Å². The molecule has 0 heterocycles. The number of nitrogens with one attached hydrogen (secondary N) is 2. The van der Waals surface area contributed by atoms with E-state index in [0.29, 0.717) is 32.8 Å². The molecule has 8 nitrogen and oxygen atoms in total. The Balaban J connectivity index is 2.58. The third-order valence-corrected chi connectivity index (χ3v) is 2.79. The van der Waals surface area contributed by atoms with Gasteiger partial charge in [-0.3, -0.25) is 14.9 Å². The van der Waals surface area contributed by atoms with E-state index < -0.39 is 4.92 Å². The first-order valence-corrected chi connectivity index (χ1v) is 6.99. The highest BCUT2D eigenvalue weighted by Crippen LogP contribution is 2.27. The maximum atomic E-state index is 12.0. The van der Waals surface area contributed by atoms with Gasteiger partial charge < -0.3 is 20.1 Å². The molecular weight excluding hydrogens is 290 g/mol. The molecule has 0 aliphatic rings. The number of hydrogen-bond donors (Lipinski definition) is 2. The van der Waals surface area contributed by atoms with Crippen molar-refractivity contribution in [2.75, 3.05) is 40.0 Å². The molecule has 1 aromatic carbocycles. The van der Waals surface area contributed by atoms with E-state index in [-0.39, 0.29) is 22.9 Å². The van der Waals surface area contributed by atoms with Gasteiger partial charge in [-0.2, -0.15) is 0 Å². The van der Waals surface area contributed by atoms with Gasteiger partial charge in [-0.25, -0.2) is 0 Å². The van der Waals surface area contributed by atoms with Crippen LogP contribution in [0.2, 0.25) is 0 Å². The van der Waals surface area contributed by atoms with Gasteiger partial charge in [0.05, 0.1) is 18.1 Å². The average Bonchev–Trinajstić information content (AvgIpc) is 2.51. The van der Waals surface area contributed by atoms with Crippen molar-refractivity contribution in [2.45, 2.75) is 6.92 Å². The van der Waals surface area contributed by atoms with Crippen molar-refractivity contribution in [3.8, 4) is 5.75 Å². The van der Waals surface area contributed by atoms with Crippen molar-refractivity contribution in [3.05, 3.63) is 33.9 Å². The molecule has 0 aromatic heterocycles. The highest BCUT2D eigenvalue weighted by atomic mass is 16.6. The van der Waals surface area contributed by atoms with Crippen LogP contribution in [0.5, 0.6) is 5.75 Å². The van der Waals surface area contributed by atoms with Crippen LogP contribution in [-0.2, 0) is 4.74 Å². The van der Waals surface area contributed by atoms with E-state index in [9.17, 15) is 14.9 Å². The van der Waals surface area contributed by atoms with Gasteiger partial charge >= 0.3 is 5.69 Å². The molecule has 8 heteroatoms. The molecule has 0 bridgehead atoms. The lowest BCUT2D eigenvalue weighted by Gasteiger charge is -2.08. The third kappa shape index (κ3) is 5.66. The van der Waals surface area contributed by atoms with Crippen LogP contribution < -0.4 is 15.4 Å². The fourth-order valence-electron chi connectivity index (χ4n) is 1.74. The Labute approximate surface area is 128 Å². The molecule has 0 saturated carbocycles. The minimum Gasteiger partial charge on any atom is -0.487 e. The predicted octanol–water partition coefficient (Wildman–Crippen LogP) is 0.959. The van der Waals surface area contributed by atoms with Crippen LogP contribution in [0.3, 0.4) is 0 Å². The molecule has 0 aliphatic heterocycles. The largest absolute Gasteiger partial charge is 0.487 e. The van der Waals surface area contributed by atoms with Crippen LogP contribution in [-0.4, -0.2) is 50.8 Å². The second-order valence-corrected chi connectivity index (χ2v) is 4.37. The number of carbonyl (C=O) groups is 1. The number of methoxy groups -OCH3 is 1. The number of nitro benzene ring substituents is 1. The predicted molar refractivity (Wildman–Crippen MR) is 81.3 cm³/mol. The number of nitro groups is 1. The van der Waals surface area contributed by atoms with Crippen LogP contribution in [0, 0.1) is 10.1 Å². The number of amides is 1. The zero-order valence-electron chi connectivity index (χ0n) is 12.8. The summed E-state index contributed by atoms with van der Waals surface area (Å²) in [6.07, 6.45) is 0. The standard InChI is InChI=1S/C14H21N3O5/c1-3-22-13-5-4-11(10-12(13)17(19)20)14(18)16-7-6-15-8-9-21-2/h4-5,10,15H,3,6-9H2,1-2H3,(H,16,18). The summed E-state index contributed by atoms with van der Waals surface area (Å²) in [6.45, 7) is 4.36. The number of ether oxygens (including phenoxy) is 2. The van der Waals surface area contributed by atoms with Gasteiger partial charge in [0, 0.05) is 38.4 Å². The van der Waals surface area contributed by atoms with E-state index in [1.165, 1.54) is 18.2 Å². The Hall–Kier alpha value is -2.19. The molecule has 0 unspecified atom stereocenters. The first-order valence-electron chi connectivity index (χ1n) is 6.99. The number of benzene rings is 1.